The summed E-state index contributed by atoms with van der Waals surface area (Å²) in [6.07, 6.45) is 18.5. The minimum Gasteiger partial charge on any atom is -0.399 e. The molecule has 0 saturated carbocycles. The molecule has 3 aliphatic heterocycles. The average Bonchev–Trinajstić information content (AvgIpc) is 1.69. The van der Waals surface area contributed by atoms with Crippen LogP contribution in [-0.2, 0) is 50.4 Å². The summed E-state index contributed by atoms with van der Waals surface area (Å²) in [5.41, 5.74) is 34.4. The quantitative estimate of drug-likeness (QED) is 0.00688. The van der Waals surface area contributed by atoms with E-state index >= 15 is 4.57 Å². The monoisotopic (exact) mass is 1560 g/mol. The number of hydrogen-bond acceptors (Lipinski definition) is 22. The molecule has 0 aliphatic carbocycles. The van der Waals surface area contributed by atoms with E-state index in [1.807, 2.05) is 26.0 Å². The van der Waals surface area contributed by atoms with Gasteiger partial charge in [0, 0.05) is 117 Å². The Morgan fingerprint density at radius 1 is 0.730 bits per heavy atom. The molecule has 9 heterocycles. The van der Waals surface area contributed by atoms with Gasteiger partial charge in [-0.3, -0.25) is 28.3 Å². The highest BCUT2D eigenvalue weighted by Crippen LogP contribution is 2.53. The lowest BCUT2D eigenvalue weighted by Crippen LogP contribution is -2.37. The lowest BCUT2D eigenvalue weighted by molar-refractivity contribution is -0.671. The summed E-state index contributed by atoms with van der Waals surface area (Å²) in [7, 11) is -2.00. The van der Waals surface area contributed by atoms with Crippen LogP contribution in [0.5, 0.6) is 0 Å². The molecule has 7 atom stereocenters. The van der Waals surface area contributed by atoms with Crippen LogP contribution in [-0.4, -0.2) is 152 Å². The van der Waals surface area contributed by atoms with Crippen molar-refractivity contribution in [2.45, 2.75) is 139 Å². The molecular formula is C82H100N17O9PS2+2. The fourth-order valence-corrected chi connectivity index (χ4v) is 18.9. The van der Waals surface area contributed by atoms with Crippen LogP contribution >= 0.6 is 31.1 Å². The fourth-order valence-electron chi connectivity index (χ4n) is 15.3. The second-order valence-corrected chi connectivity index (χ2v) is 32.7. The first-order chi connectivity index (χ1) is 54.2. The van der Waals surface area contributed by atoms with E-state index in [-0.39, 0.29) is 67.6 Å². The number of nitrogens with one attached hydrogen (secondary N) is 2. The summed E-state index contributed by atoms with van der Waals surface area (Å²) in [5.74, 6) is 1.47. The van der Waals surface area contributed by atoms with E-state index in [2.05, 4.69) is 195 Å². The lowest BCUT2D eigenvalue weighted by Gasteiger charge is -2.27. The Balaban J connectivity index is 0.597. The van der Waals surface area contributed by atoms with E-state index in [0.717, 1.165) is 129 Å². The number of unbranched alkanes of at least 4 members (excludes halogenated alkanes) is 5. The molecule has 10 N–H and O–H groups in total. The molecule has 1 unspecified atom stereocenters. The molecule has 0 bridgehead atoms. The number of H-pyrrole nitrogens is 1. The summed E-state index contributed by atoms with van der Waals surface area (Å²) in [6.45, 7) is 9.07. The number of fused-ring (bicyclic) bond motifs is 7. The number of thioether (sulfide) groups is 2. The number of allylic oxidation sites excluding steroid dienone is 2. The van der Waals surface area contributed by atoms with Crippen LogP contribution in [0.4, 0.5) is 28.8 Å². The van der Waals surface area contributed by atoms with Crippen molar-refractivity contribution in [3.05, 3.63) is 180 Å². The normalized spacial score (nSPS) is 18.8. The molecule has 3 aliphatic rings. The Kier molecular flexibility index (Phi) is 26.0. The van der Waals surface area contributed by atoms with Crippen LogP contribution in [0.25, 0.3) is 72.2 Å². The molecular weight excluding hydrogens is 1460 g/mol. The molecule has 0 spiro atoms. The molecule has 2 fully saturated rings. The van der Waals surface area contributed by atoms with Crippen molar-refractivity contribution >= 4 is 127 Å². The number of carbonyl (C=O) groups is 1. The second kappa shape index (κ2) is 36.9. The highest BCUT2D eigenvalue weighted by atomic mass is 32.2. The minimum atomic E-state index is -4.13. The van der Waals surface area contributed by atoms with E-state index in [0.29, 0.717) is 36.6 Å². The highest BCUT2D eigenvalue weighted by molar-refractivity contribution is 8.03. The number of pyridine rings is 2. The zero-order chi connectivity index (χ0) is 76.8. The van der Waals surface area contributed by atoms with Gasteiger partial charge in [0.25, 0.3) is 5.56 Å². The highest BCUT2D eigenvalue weighted by Gasteiger charge is 2.45. The van der Waals surface area contributed by atoms with Gasteiger partial charge in [-0.25, -0.2) is 19.9 Å². The fraction of sp³-hybridized carbons (Fsp3) is 0.402. The number of rotatable bonds is 38. The van der Waals surface area contributed by atoms with Crippen LogP contribution in [0, 0.1) is 0 Å². The van der Waals surface area contributed by atoms with Crippen molar-refractivity contribution in [3.8, 4) is 11.3 Å². The van der Waals surface area contributed by atoms with E-state index in [1.54, 1.807) is 39.0 Å². The topological polar surface area (TPSA) is 327 Å². The summed E-state index contributed by atoms with van der Waals surface area (Å²) >= 11 is 3.56. The summed E-state index contributed by atoms with van der Waals surface area (Å²) in [6, 6.07) is 42.6. The second-order valence-electron chi connectivity index (χ2n) is 28.3. The average molecular weight is 1560 g/mol. The number of hydrogen-bond donors (Lipinski definition) is 6. The number of nitrogens with zero attached hydrogens (tertiary/aromatic N) is 11. The molecule has 1 amide bonds. The minimum absolute atomic E-state index is 0.00324. The maximum Gasteiger partial charge on any atom is 0.332 e. The van der Waals surface area contributed by atoms with Crippen LogP contribution < -0.4 is 47.8 Å². The number of nitrogens with two attached hydrogens (primary N) is 4. The first kappa shape index (κ1) is 78.4. The molecule has 26 nitrogen and oxygen atoms in total. The van der Waals surface area contributed by atoms with Crippen molar-refractivity contribution in [2.75, 3.05) is 105 Å². The van der Waals surface area contributed by atoms with Gasteiger partial charge in [-0.2, -0.15) is 25.9 Å². The third kappa shape index (κ3) is 18.7. The first-order valence-corrected chi connectivity index (χ1v) is 42.3. The number of aryl methyl sites for hydroxylation is 2. The number of aromatic nitrogens is 10. The molecule has 11 aromatic rings. The summed E-state index contributed by atoms with van der Waals surface area (Å²) in [5, 5.41) is 8.90. The van der Waals surface area contributed by atoms with E-state index < -0.39 is 50.0 Å². The molecule has 582 valence electrons. The van der Waals surface area contributed by atoms with Crippen LogP contribution in [0.2, 0.25) is 0 Å². The van der Waals surface area contributed by atoms with Gasteiger partial charge in [-0.05, 0) is 118 Å². The molecule has 14 rings (SSSR count). The Morgan fingerprint density at radius 3 is 2.27 bits per heavy atom. The lowest BCUT2D eigenvalue weighted by atomic mass is 9.98. The van der Waals surface area contributed by atoms with Crippen molar-refractivity contribution in [1.82, 2.24) is 49.3 Å². The van der Waals surface area contributed by atoms with E-state index in [9.17, 15) is 9.59 Å². The zero-order valence-electron chi connectivity index (χ0n) is 63.2. The number of carbonyl (C=O) groups excluding carboxylic acids is 1. The number of ether oxygens (including phenoxy) is 4. The van der Waals surface area contributed by atoms with Gasteiger partial charge in [-0.1, -0.05) is 91.7 Å². The predicted molar refractivity (Wildman–Crippen MR) is 441 cm³/mol. The third-order valence-corrected chi connectivity index (χ3v) is 25.0. The SMILES string of the molecule is CCOC[C@H]1O[C@@H](n2cnc3c(=O)[nH]c(N)nc32)C[C@H]1OP(=O)(CCNC(=O)CCSCCCN(CCCCCCCC[n+]1c(-c2ccccc2)c2cc(N)ccc2c2ccc(N)cc21)CCC[n+]1ccc(/C=C/C=C2\Sc3ccccc3N2C)c2ccccc21)OC[C@H]1O[C@@H](n2cnc3c(N)ncnc32)C[C@H]1OCC. The predicted octanol–water partition coefficient (Wildman–Crippen LogP) is 12.8. The van der Waals surface area contributed by atoms with E-state index in [4.69, 9.17) is 50.9 Å². The Labute approximate surface area is 654 Å². The molecule has 29 heteroatoms. The molecule has 2 saturated heterocycles. The maximum absolute atomic E-state index is 15.5. The molecule has 5 aromatic carbocycles. The zero-order valence-corrected chi connectivity index (χ0v) is 65.7. The van der Waals surface area contributed by atoms with E-state index in [1.165, 1.54) is 50.1 Å². The van der Waals surface area contributed by atoms with Crippen LogP contribution in [0.1, 0.15) is 102 Å². The number of benzene rings is 5. The van der Waals surface area contributed by atoms with Gasteiger partial charge < -0.3 is 66.0 Å². The molecule has 111 heavy (non-hydrogen) atoms. The molecule has 6 aromatic heterocycles. The Bertz CT molecular complexity index is 5240. The largest absolute Gasteiger partial charge is 0.399 e. The maximum atomic E-state index is 15.5. The van der Waals surface area contributed by atoms with Gasteiger partial charge in [0.2, 0.25) is 28.6 Å². The number of imidazole rings is 2. The van der Waals surface area contributed by atoms with Gasteiger partial charge in [-0.15, -0.1) is 0 Å². The standard InChI is InChI=1S/C82H98N17O9PS2/c1-4-103-50-68-67(49-73(106-68)99-54-91-76-80(99)92-82(86)93-81(76)101)108-109(102,105-51-69-66(104-5-2)48-72(107-69)98-53-90-75-78(85)88-52-89-79(75)98)43-36-87-71(100)35-45-110-44-21-39-95(38-20-40-96-42-34-55(59-25-13-14-26-63(59)96)24-19-29-74-94(3)64-27-15-16-28-70(64)111-74)37-17-8-6-7-9-18-41-97-65-47-58(84)31-33-61(65)60-32-30-57(83)46-62(60)77(97)56-22-11-10-12-23-56/h10-16,19,22-34,42,46-47,52-54,66-69,72-73,84H,4-9,17-18,20-21,35-41,43-45,48-51,83H2,1-3H3,(H5-,85,86,87,88,89,92,93,100,101)/p+2/t66-,67-,68-,69-,72-,73-,109?/m1/s1. The van der Waals surface area contributed by atoms with Crippen molar-refractivity contribution in [2.24, 2.45) is 0 Å². The Morgan fingerprint density at radius 2 is 1.45 bits per heavy atom. The Hall–Kier alpha value is -9.32. The van der Waals surface area contributed by atoms with Crippen LogP contribution in [0.3, 0.4) is 0 Å². The number of amides is 1. The molecule has 0 radical (unpaired) electrons. The number of anilines is 5. The van der Waals surface area contributed by atoms with Crippen molar-refractivity contribution in [3.63, 3.8) is 0 Å². The van der Waals surface area contributed by atoms with Gasteiger partial charge in [0.15, 0.2) is 28.8 Å². The third-order valence-electron chi connectivity index (χ3n) is 20.8. The summed E-state index contributed by atoms with van der Waals surface area (Å²) < 4.78 is 61.9. The number of para-hydroxylation sites is 2. The van der Waals surface area contributed by atoms with Crippen molar-refractivity contribution < 1.29 is 46.5 Å². The van der Waals surface area contributed by atoms with Gasteiger partial charge in [0.05, 0.1) is 71.1 Å². The van der Waals surface area contributed by atoms with Crippen molar-refractivity contribution in [1.29, 1.82) is 0 Å². The first-order valence-electron chi connectivity index (χ1n) is 38.6. The van der Waals surface area contributed by atoms with Crippen LogP contribution in [0.15, 0.2) is 173 Å². The van der Waals surface area contributed by atoms with Gasteiger partial charge in [0.1, 0.15) is 49.6 Å². The number of aromatic amines is 1. The number of nitrogen functional groups attached to an aromatic ring is 4. The smallest absolute Gasteiger partial charge is 0.332 e. The van der Waals surface area contributed by atoms with Gasteiger partial charge >= 0.3 is 7.60 Å². The summed E-state index contributed by atoms with van der Waals surface area (Å²) in [4.78, 5) is 56.8.